The van der Waals surface area contributed by atoms with Crippen LogP contribution in [0.3, 0.4) is 0 Å². The third-order valence-electron chi connectivity index (χ3n) is 2.73. The molecule has 0 rings (SSSR count). The van der Waals surface area contributed by atoms with Crippen LogP contribution in [0.5, 0.6) is 0 Å². The number of rotatable bonds is 7. The van der Waals surface area contributed by atoms with Gasteiger partial charge < -0.3 is 19.8 Å². The Kier molecular flexibility index (Phi) is 6.24. The topological polar surface area (TPSA) is 60.7 Å². The van der Waals surface area contributed by atoms with Gasteiger partial charge >= 0.3 is 0 Å². The number of hydrogen-bond acceptors (Lipinski definition) is 3. The maximum absolute atomic E-state index is 8.93. The Morgan fingerprint density at radius 3 is 1.31 bits per heavy atom. The van der Waals surface area contributed by atoms with Crippen molar-refractivity contribution >= 4 is 0 Å². The van der Waals surface area contributed by atoms with Gasteiger partial charge in [0.15, 0.2) is 0 Å². The van der Waals surface area contributed by atoms with Crippen LogP contribution in [0.15, 0.2) is 0 Å². The van der Waals surface area contributed by atoms with Crippen molar-refractivity contribution in [3.8, 4) is 0 Å². The lowest BCUT2D eigenvalue weighted by molar-refractivity contribution is -0.948. The van der Waals surface area contributed by atoms with Crippen LogP contribution in [0.1, 0.15) is 13.8 Å². The molecule has 4 nitrogen and oxygen atoms in total. The molecule has 0 aromatic heterocycles. The van der Waals surface area contributed by atoms with E-state index in [2.05, 4.69) is 0 Å². The molecule has 0 heterocycles. The van der Waals surface area contributed by atoms with Crippen molar-refractivity contribution in [1.29, 1.82) is 0 Å². The summed E-state index contributed by atoms with van der Waals surface area (Å²) in [6.07, 6.45) is 0. The largest absolute Gasteiger partial charge is 0.391 e. The van der Waals surface area contributed by atoms with Gasteiger partial charge in [0, 0.05) is 0 Å². The minimum absolute atomic E-state index is 0.0954. The molecule has 0 spiro atoms. The number of hydrogen-bond donors (Lipinski definition) is 3. The van der Waals surface area contributed by atoms with Crippen molar-refractivity contribution in [1.82, 2.24) is 0 Å². The van der Waals surface area contributed by atoms with Gasteiger partial charge in [-0.15, -0.1) is 0 Å². The summed E-state index contributed by atoms with van der Waals surface area (Å²) in [6, 6.07) is 0.312. The van der Waals surface area contributed by atoms with Crippen molar-refractivity contribution < 1.29 is 19.8 Å². The number of aliphatic hydroxyl groups is 3. The fourth-order valence-electron chi connectivity index (χ4n) is 1.71. The summed E-state index contributed by atoms with van der Waals surface area (Å²) in [4.78, 5) is 0. The molecule has 13 heavy (non-hydrogen) atoms. The van der Waals surface area contributed by atoms with Crippen LogP contribution in [0.2, 0.25) is 0 Å². The average Bonchev–Trinajstić information content (AvgIpc) is 2.05. The molecule has 4 heteroatoms. The van der Waals surface area contributed by atoms with Crippen LogP contribution >= 0.6 is 0 Å². The molecule has 0 saturated carbocycles. The molecule has 0 atom stereocenters. The summed E-state index contributed by atoms with van der Waals surface area (Å²) in [5, 5.41) is 26.8. The summed E-state index contributed by atoms with van der Waals surface area (Å²) < 4.78 is 0.587. The predicted octanol–water partition coefficient (Wildman–Crippen LogP) is -0.811. The van der Waals surface area contributed by atoms with E-state index in [0.29, 0.717) is 30.2 Å². The first kappa shape index (κ1) is 12.8. The van der Waals surface area contributed by atoms with Gasteiger partial charge in [0.1, 0.15) is 19.6 Å². The Bertz CT molecular complexity index is 111. The third kappa shape index (κ3) is 3.60. The van der Waals surface area contributed by atoms with E-state index in [1.54, 1.807) is 0 Å². The average molecular weight is 192 g/mol. The molecule has 0 aliphatic heterocycles. The van der Waals surface area contributed by atoms with Gasteiger partial charge in [-0.2, -0.15) is 0 Å². The van der Waals surface area contributed by atoms with Gasteiger partial charge in [-0.25, -0.2) is 0 Å². The molecule has 0 radical (unpaired) electrons. The Morgan fingerprint density at radius 1 is 0.846 bits per heavy atom. The van der Waals surface area contributed by atoms with Gasteiger partial charge in [0.25, 0.3) is 0 Å². The number of quaternary nitrogens is 1. The second kappa shape index (κ2) is 6.32. The monoisotopic (exact) mass is 192 g/mol. The fraction of sp³-hybridized carbons (Fsp3) is 1.00. The first-order valence-electron chi connectivity index (χ1n) is 4.81. The molecular formula is C9H22NO3+. The van der Waals surface area contributed by atoms with Crippen LogP contribution in [0.25, 0.3) is 0 Å². The normalized spacial score (nSPS) is 12.5. The second-order valence-corrected chi connectivity index (χ2v) is 3.65. The molecule has 80 valence electrons. The van der Waals surface area contributed by atoms with Gasteiger partial charge in [-0.05, 0) is 13.8 Å². The summed E-state index contributed by atoms with van der Waals surface area (Å²) in [5.41, 5.74) is 0. The molecule has 0 aromatic carbocycles. The zero-order chi connectivity index (χ0) is 10.3. The standard InChI is InChI=1S/C9H22NO3/c1-9(2)10(3-6-11,4-7-12)5-8-13/h9,11-13H,3-8H2,1-2H3/q+1. The molecule has 0 fully saturated rings. The summed E-state index contributed by atoms with van der Waals surface area (Å²) in [7, 11) is 0. The van der Waals surface area contributed by atoms with E-state index < -0.39 is 0 Å². The Balaban J connectivity index is 4.38. The van der Waals surface area contributed by atoms with Crippen LogP contribution in [0, 0.1) is 0 Å². The SMILES string of the molecule is CC(C)[N+](CCO)(CCO)CCO. The van der Waals surface area contributed by atoms with E-state index in [-0.39, 0.29) is 19.8 Å². The van der Waals surface area contributed by atoms with E-state index in [1.807, 2.05) is 13.8 Å². The van der Waals surface area contributed by atoms with Crippen molar-refractivity contribution in [3.05, 3.63) is 0 Å². The molecule has 0 aliphatic carbocycles. The van der Waals surface area contributed by atoms with Crippen LogP contribution in [-0.2, 0) is 0 Å². The highest BCUT2D eigenvalue weighted by atomic mass is 16.3. The smallest absolute Gasteiger partial charge is 0.102 e. The van der Waals surface area contributed by atoms with E-state index >= 15 is 0 Å². The van der Waals surface area contributed by atoms with E-state index in [1.165, 1.54) is 0 Å². The second-order valence-electron chi connectivity index (χ2n) is 3.65. The minimum atomic E-state index is 0.0954. The van der Waals surface area contributed by atoms with Crippen LogP contribution < -0.4 is 0 Å². The van der Waals surface area contributed by atoms with E-state index in [0.717, 1.165) is 0 Å². The Hall–Kier alpha value is -0.160. The van der Waals surface area contributed by atoms with Gasteiger partial charge in [-0.3, -0.25) is 0 Å². The highest BCUT2D eigenvalue weighted by Gasteiger charge is 2.29. The van der Waals surface area contributed by atoms with E-state index in [4.69, 9.17) is 15.3 Å². The summed E-state index contributed by atoms with van der Waals surface area (Å²) in [6.45, 7) is 6.16. The molecule has 0 aromatic rings. The molecule has 0 bridgehead atoms. The lowest BCUT2D eigenvalue weighted by Crippen LogP contribution is -2.57. The highest BCUT2D eigenvalue weighted by molar-refractivity contribution is 4.49. The maximum Gasteiger partial charge on any atom is 0.102 e. The van der Waals surface area contributed by atoms with Crippen molar-refractivity contribution in [3.63, 3.8) is 0 Å². The molecule has 0 unspecified atom stereocenters. The first-order chi connectivity index (χ1) is 6.13. The van der Waals surface area contributed by atoms with Gasteiger partial charge in [0.05, 0.1) is 25.9 Å². The van der Waals surface area contributed by atoms with Crippen LogP contribution in [-0.4, -0.2) is 65.3 Å². The first-order valence-corrected chi connectivity index (χ1v) is 4.81. The zero-order valence-corrected chi connectivity index (χ0v) is 8.61. The zero-order valence-electron chi connectivity index (χ0n) is 8.61. The minimum Gasteiger partial charge on any atom is -0.391 e. The third-order valence-corrected chi connectivity index (χ3v) is 2.73. The fourth-order valence-corrected chi connectivity index (χ4v) is 1.71. The molecular weight excluding hydrogens is 170 g/mol. The van der Waals surface area contributed by atoms with E-state index in [9.17, 15) is 0 Å². The lowest BCUT2D eigenvalue weighted by atomic mass is 10.2. The number of nitrogens with zero attached hydrogens (tertiary/aromatic N) is 1. The van der Waals surface area contributed by atoms with Gasteiger partial charge in [0.2, 0.25) is 0 Å². The molecule has 3 N–H and O–H groups in total. The van der Waals surface area contributed by atoms with Crippen molar-refractivity contribution in [2.45, 2.75) is 19.9 Å². The molecule has 0 saturated heterocycles. The molecule has 0 aliphatic rings. The predicted molar refractivity (Wildman–Crippen MR) is 51.3 cm³/mol. The summed E-state index contributed by atoms with van der Waals surface area (Å²) >= 11 is 0. The van der Waals surface area contributed by atoms with Crippen molar-refractivity contribution in [2.75, 3.05) is 39.5 Å². The van der Waals surface area contributed by atoms with Crippen molar-refractivity contribution in [2.24, 2.45) is 0 Å². The Morgan fingerprint density at radius 2 is 1.15 bits per heavy atom. The molecule has 0 amide bonds. The summed E-state index contributed by atoms with van der Waals surface area (Å²) in [5.74, 6) is 0. The van der Waals surface area contributed by atoms with Gasteiger partial charge in [-0.1, -0.05) is 0 Å². The van der Waals surface area contributed by atoms with Crippen LogP contribution in [0.4, 0.5) is 0 Å². The number of aliphatic hydroxyl groups excluding tert-OH is 3. The lowest BCUT2D eigenvalue weighted by Gasteiger charge is -2.41. The quantitative estimate of drug-likeness (QED) is 0.462. The maximum atomic E-state index is 8.93. The Labute approximate surface area is 80.0 Å². The highest BCUT2D eigenvalue weighted by Crippen LogP contribution is 2.12.